The van der Waals surface area contributed by atoms with Crippen LogP contribution in [0.15, 0.2) is 10.1 Å². The minimum absolute atomic E-state index is 0.0613. The molecule has 0 amide bonds. The molecule has 0 aliphatic heterocycles. The number of allylic oxidation sites excluding steroid dienone is 2. The fourth-order valence-corrected chi connectivity index (χ4v) is 8.41. The second-order valence-corrected chi connectivity index (χ2v) is 10.5. The van der Waals surface area contributed by atoms with Gasteiger partial charge in [-0.25, -0.2) is 0 Å². The van der Waals surface area contributed by atoms with Gasteiger partial charge in [-0.2, -0.15) is 0 Å². The zero-order chi connectivity index (χ0) is 18.4. The molecule has 0 aromatic carbocycles. The first-order valence-corrected chi connectivity index (χ1v) is 9.94. The van der Waals surface area contributed by atoms with Crippen LogP contribution in [0.5, 0.6) is 0 Å². The molecule has 7 atom stereocenters. The van der Waals surface area contributed by atoms with E-state index in [-0.39, 0.29) is 39.4 Å². The van der Waals surface area contributed by atoms with Crippen molar-refractivity contribution in [3.8, 4) is 0 Å². The van der Waals surface area contributed by atoms with Crippen molar-refractivity contribution in [3.63, 3.8) is 0 Å². The summed E-state index contributed by atoms with van der Waals surface area (Å²) < 4.78 is -1.63. The van der Waals surface area contributed by atoms with E-state index in [1.807, 2.05) is 6.92 Å². The van der Waals surface area contributed by atoms with E-state index in [4.69, 9.17) is 69.6 Å². The summed E-state index contributed by atoms with van der Waals surface area (Å²) in [6.07, 6.45) is 0.355. The largest absolute Gasteiger partial charge is 0.300 e. The standard InChI is InChI=1S/C16H16Cl6O2/c1-5-10(7(3)24)8(6(2)23)4-9-11(5)15(20)13(18)12(17)14(9,19)16(15,21)22/h5,8-11H,4H2,1-3H3. The molecule has 7 unspecified atom stereocenters. The van der Waals surface area contributed by atoms with E-state index in [1.54, 1.807) is 0 Å². The number of hydrogen-bond donors (Lipinski definition) is 0. The molecule has 134 valence electrons. The van der Waals surface area contributed by atoms with Crippen LogP contribution >= 0.6 is 69.6 Å². The third-order valence-electron chi connectivity index (χ3n) is 6.22. The molecule has 2 fully saturated rings. The fraction of sp³-hybridized carbons (Fsp3) is 0.750. The summed E-state index contributed by atoms with van der Waals surface area (Å²) in [5.41, 5.74) is 0. The van der Waals surface area contributed by atoms with Crippen LogP contribution in [0.4, 0.5) is 0 Å². The summed E-state index contributed by atoms with van der Waals surface area (Å²) in [5, 5.41) is 0.283. The van der Waals surface area contributed by atoms with Gasteiger partial charge in [0.15, 0.2) is 4.33 Å². The highest BCUT2D eigenvalue weighted by Gasteiger charge is 2.83. The minimum atomic E-state index is -1.63. The van der Waals surface area contributed by atoms with E-state index in [1.165, 1.54) is 13.8 Å². The number of halogens is 6. The molecule has 0 aromatic rings. The van der Waals surface area contributed by atoms with Crippen LogP contribution in [0.1, 0.15) is 27.2 Å². The molecule has 3 aliphatic rings. The molecule has 2 nitrogen and oxygen atoms in total. The van der Waals surface area contributed by atoms with Gasteiger partial charge in [0.1, 0.15) is 21.3 Å². The number of fused-ring (bicyclic) bond motifs is 5. The Morgan fingerprint density at radius 2 is 1.46 bits per heavy atom. The third-order valence-corrected chi connectivity index (χ3v) is 10.5. The summed E-state index contributed by atoms with van der Waals surface area (Å²) in [6.45, 7) is 4.85. The maximum absolute atomic E-state index is 12.2. The highest BCUT2D eigenvalue weighted by molar-refractivity contribution is 6.65. The highest BCUT2D eigenvalue weighted by Crippen LogP contribution is 2.79. The first-order valence-electron chi connectivity index (χ1n) is 7.67. The lowest BCUT2D eigenvalue weighted by Crippen LogP contribution is -2.51. The van der Waals surface area contributed by atoms with E-state index < -0.39 is 25.9 Å². The molecule has 8 heteroatoms. The van der Waals surface area contributed by atoms with Gasteiger partial charge in [0.25, 0.3) is 0 Å². The zero-order valence-electron chi connectivity index (χ0n) is 13.2. The van der Waals surface area contributed by atoms with Crippen molar-refractivity contribution in [1.82, 2.24) is 0 Å². The molecule has 0 aromatic heterocycles. The van der Waals surface area contributed by atoms with Gasteiger partial charge in [0.05, 0.1) is 10.1 Å². The number of rotatable bonds is 2. The molecule has 0 radical (unpaired) electrons. The number of hydrogen-bond acceptors (Lipinski definition) is 2. The summed E-state index contributed by atoms with van der Waals surface area (Å²) in [5.74, 6) is -2.01. The van der Waals surface area contributed by atoms with Crippen LogP contribution in [0.25, 0.3) is 0 Å². The van der Waals surface area contributed by atoms with Crippen molar-refractivity contribution in [2.24, 2.45) is 29.6 Å². The van der Waals surface area contributed by atoms with Crippen LogP contribution in [0.3, 0.4) is 0 Å². The van der Waals surface area contributed by atoms with Crippen molar-refractivity contribution < 1.29 is 9.59 Å². The van der Waals surface area contributed by atoms with Gasteiger partial charge in [0.2, 0.25) is 0 Å². The predicted molar refractivity (Wildman–Crippen MR) is 99.4 cm³/mol. The average Bonchev–Trinajstić information content (AvgIpc) is 2.67. The van der Waals surface area contributed by atoms with Crippen molar-refractivity contribution in [2.45, 2.75) is 41.3 Å². The molecule has 3 rings (SSSR count). The molecule has 0 N–H and O–H groups in total. The average molecular weight is 453 g/mol. The highest BCUT2D eigenvalue weighted by atomic mass is 35.5. The molecule has 2 bridgehead atoms. The molecule has 0 heterocycles. The molecule has 3 aliphatic carbocycles. The van der Waals surface area contributed by atoms with Gasteiger partial charge in [-0.15, -0.1) is 23.2 Å². The Bertz CT molecular complexity index is 673. The Kier molecular flexibility index (Phi) is 4.62. The van der Waals surface area contributed by atoms with Crippen LogP contribution in [0, 0.1) is 29.6 Å². The quantitative estimate of drug-likeness (QED) is 0.517. The Morgan fingerprint density at radius 3 is 1.92 bits per heavy atom. The lowest BCUT2D eigenvalue weighted by Gasteiger charge is -2.49. The maximum Gasteiger partial charge on any atom is 0.166 e. The first-order chi connectivity index (χ1) is 10.8. The van der Waals surface area contributed by atoms with Crippen molar-refractivity contribution in [3.05, 3.63) is 10.1 Å². The van der Waals surface area contributed by atoms with E-state index in [0.717, 1.165) is 0 Å². The van der Waals surface area contributed by atoms with Crippen LogP contribution < -0.4 is 0 Å². The Morgan fingerprint density at radius 1 is 0.958 bits per heavy atom. The SMILES string of the molecule is CC(=O)C1CC2C(C(C)C1C(C)=O)C1(Cl)C(Cl)=C(Cl)C2(Cl)C1(Cl)Cl. The van der Waals surface area contributed by atoms with Gasteiger partial charge >= 0.3 is 0 Å². The van der Waals surface area contributed by atoms with Gasteiger partial charge in [-0.3, -0.25) is 9.59 Å². The predicted octanol–water partition coefficient (Wildman–Crippen LogP) is 5.51. The molecule has 0 spiro atoms. The van der Waals surface area contributed by atoms with Crippen LogP contribution in [-0.2, 0) is 9.59 Å². The maximum atomic E-state index is 12.2. The Hall–Kier alpha value is 0.820. The van der Waals surface area contributed by atoms with Gasteiger partial charge in [-0.1, -0.05) is 53.3 Å². The number of Topliss-reactive ketones (excluding diaryl/α,β-unsaturated/α-hetero) is 2. The Labute approximate surface area is 171 Å². The lowest BCUT2D eigenvalue weighted by molar-refractivity contribution is -0.137. The van der Waals surface area contributed by atoms with Crippen LogP contribution in [-0.4, -0.2) is 25.6 Å². The van der Waals surface area contributed by atoms with E-state index in [9.17, 15) is 9.59 Å². The van der Waals surface area contributed by atoms with E-state index in [0.29, 0.717) is 6.42 Å². The van der Waals surface area contributed by atoms with Crippen LogP contribution in [0.2, 0.25) is 0 Å². The Balaban J connectivity index is 2.22. The van der Waals surface area contributed by atoms with Gasteiger partial charge < -0.3 is 0 Å². The molecule has 2 saturated carbocycles. The smallest absolute Gasteiger partial charge is 0.166 e. The molecule has 24 heavy (non-hydrogen) atoms. The summed E-state index contributed by atoms with van der Waals surface area (Å²) >= 11 is 39.7. The van der Waals surface area contributed by atoms with Crippen molar-refractivity contribution in [1.29, 1.82) is 0 Å². The minimum Gasteiger partial charge on any atom is -0.300 e. The summed E-state index contributed by atoms with van der Waals surface area (Å²) in [4.78, 5) is 21.7. The lowest BCUT2D eigenvalue weighted by atomic mass is 9.57. The van der Waals surface area contributed by atoms with Gasteiger partial charge in [0, 0.05) is 11.8 Å². The second kappa shape index (κ2) is 5.66. The monoisotopic (exact) mass is 450 g/mol. The number of carbonyl (C=O) groups is 2. The second-order valence-electron chi connectivity index (χ2n) is 7.21. The molecular weight excluding hydrogens is 437 g/mol. The topological polar surface area (TPSA) is 34.1 Å². The number of carbonyl (C=O) groups excluding carboxylic acids is 2. The summed E-state index contributed by atoms with van der Waals surface area (Å²) in [7, 11) is 0. The van der Waals surface area contributed by atoms with Crippen molar-refractivity contribution in [2.75, 3.05) is 0 Å². The first kappa shape index (κ1) is 19.6. The third kappa shape index (κ3) is 1.94. The van der Waals surface area contributed by atoms with E-state index in [2.05, 4.69) is 0 Å². The van der Waals surface area contributed by atoms with E-state index >= 15 is 0 Å². The number of alkyl halides is 4. The normalized spacial score (nSPS) is 49.3. The number of ketones is 2. The molecule has 0 saturated heterocycles. The zero-order valence-corrected chi connectivity index (χ0v) is 17.7. The van der Waals surface area contributed by atoms with Crippen molar-refractivity contribution >= 4 is 81.2 Å². The van der Waals surface area contributed by atoms with Gasteiger partial charge in [-0.05, 0) is 38.0 Å². The summed E-state index contributed by atoms with van der Waals surface area (Å²) in [6, 6.07) is 0. The fourth-order valence-electron chi connectivity index (χ4n) is 5.26. The molecular formula is C16H16Cl6O2.